The maximum Gasteiger partial charge on any atom is 0.272 e. The van der Waals surface area contributed by atoms with Gasteiger partial charge in [-0.2, -0.15) is 5.10 Å². The average Bonchev–Trinajstić information content (AvgIpc) is 2.73. The molecule has 0 radical (unpaired) electrons. The molecule has 12 heteroatoms. The van der Waals surface area contributed by atoms with Gasteiger partial charge in [0.1, 0.15) is 5.82 Å². The van der Waals surface area contributed by atoms with E-state index in [4.69, 9.17) is 11.6 Å². The van der Waals surface area contributed by atoms with Gasteiger partial charge in [-0.3, -0.25) is 14.8 Å². The number of hydrogen-bond donors (Lipinski definition) is 2. The summed E-state index contributed by atoms with van der Waals surface area (Å²) in [6.07, 6.45) is 4.56. The third kappa shape index (κ3) is 5.50. The molecule has 0 aliphatic rings. The quantitative estimate of drug-likeness (QED) is 0.574. The zero-order chi connectivity index (χ0) is 20.9. The van der Waals surface area contributed by atoms with Crippen molar-refractivity contribution >= 4 is 27.5 Å². The van der Waals surface area contributed by atoms with E-state index in [0.717, 1.165) is 18.2 Å². The van der Waals surface area contributed by atoms with Gasteiger partial charge in [0.2, 0.25) is 10.0 Å². The molecule has 29 heavy (non-hydrogen) atoms. The molecule has 0 aliphatic heterocycles. The van der Waals surface area contributed by atoms with Crippen molar-refractivity contribution in [1.29, 1.82) is 0 Å². The van der Waals surface area contributed by atoms with Crippen LogP contribution in [0.1, 0.15) is 21.9 Å². The summed E-state index contributed by atoms with van der Waals surface area (Å²) >= 11 is 5.61. The number of amides is 1. The van der Waals surface area contributed by atoms with E-state index < -0.39 is 21.7 Å². The summed E-state index contributed by atoms with van der Waals surface area (Å²) < 4.78 is 40.0. The van der Waals surface area contributed by atoms with E-state index in [0.29, 0.717) is 5.69 Å². The lowest BCUT2D eigenvalue weighted by atomic mass is 10.3. The van der Waals surface area contributed by atoms with Crippen molar-refractivity contribution in [3.05, 3.63) is 76.8 Å². The Morgan fingerprint density at radius 3 is 2.55 bits per heavy atom. The van der Waals surface area contributed by atoms with Gasteiger partial charge in [0, 0.05) is 12.4 Å². The Labute approximate surface area is 170 Å². The second-order valence-corrected chi connectivity index (χ2v) is 7.86. The minimum Gasteiger partial charge on any atom is -0.345 e. The van der Waals surface area contributed by atoms with Crippen molar-refractivity contribution in [1.82, 2.24) is 30.2 Å². The van der Waals surface area contributed by atoms with Gasteiger partial charge in [0.05, 0.1) is 40.6 Å². The largest absolute Gasteiger partial charge is 0.345 e. The zero-order valence-corrected chi connectivity index (χ0v) is 16.3. The van der Waals surface area contributed by atoms with Crippen LogP contribution in [-0.2, 0) is 23.1 Å². The standard InChI is InChI=1S/C17H14ClFN6O3S/c18-14-7-13(2-3-15(14)19)29(27,28)23-10-11-1-4-16(25-24-11)17(26)22-9-12-8-20-5-6-21-12/h1-8,23H,9-10H2,(H,22,26). The van der Waals surface area contributed by atoms with Gasteiger partial charge in [-0.1, -0.05) is 11.6 Å². The maximum atomic E-state index is 13.2. The lowest BCUT2D eigenvalue weighted by molar-refractivity contribution is 0.0944. The average molecular weight is 437 g/mol. The van der Waals surface area contributed by atoms with E-state index >= 15 is 0 Å². The molecule has 0 fully saturated rings. The van der Waals surface area contributed by atoms with Crippen LogP contribution in [0, 0.1) is 5.82 Å². The van der Waals surface area contributed by atoms with E-state index in [1.54, 1.807) is 0 Å². The Balaban J connectivity index is 1.58. The van der Waals surface area contributed by atoms with Crippen molar-refractivity contribution in [3.8, 4) is 0 Å². The molecule has 1 amide bonds. The van der Waals surface area contributed by atoms with Crippen molar-refractivity contribution in [2.45, 2.75) is 18.0 Å². The normalized spacial score (nSPS) is 11.2. The molecular weight excluding hydrogens is 423 g/mol. The van der Waals surface area contributed by atoms with Crippen molar-refractivity contribution in [2.24, 2.45) is 0 Å². The second kappa shape index (κ2) is 8.99. The molecule has 0 aliphatic carbocycles. The van der Waals surface area contributed by atoms with Crippen LogP contribution in [0.3, 0.4) is 0 Å². The Morgan fingerprint density at radius 1 is 1.07 bits per heavy atom. The number of aromatic nitrogens is 4. The third-order valence-electron chi connectivity index (χ3n) is 3.64. The molecule has 0 spiro atoms. The highest BCUT2D eigenvalue weighted by molar-refractivity contribution is 7.89. The first-order valence-corrected chi connectivity index (χ1v) is 10.0. The fourth-order valence-electron chi connectivity index (χ4n) is 2.15. The number of benzene rings is 1. The van der Waals surface area contributed by atoms with Gasteiger partial charge < -0.3 is 5.32 Å². The smallest absolute Gasteiger partial charge is 0.272 e. The molecule has 2 heterocycles. The fraction of sp³-hybridized carbons (Fsp3) is 0.118. The molecule has 2 N–H and O–H groups in total. The van der Waals surface area contributed by atoms with E-state index in [1.807, 2.05) is 0 Å². The van der Waals surface area contributed by atoms with Crippen LogP contribution in [0.15, 0.2) is 53.8 Å². The van der Waals surface area contributed by atoms with Crippen LogP contribution in [0.4, 0.5) is 4.39 Å². The lowest BCUT2D eigenvalue weighted by Gasteiger charge is -2.07. The van der Waals surface area contributed by atoms with E-state index in [1.165, 1.54) is 30.7 Å². The number of sulfonamides is 1. The molecule has 9 nitrogen and oxygen atoms in total. The minimum absolute atomic E-state index is 0.0609. The van der Waals surface area contributed by atoms with Crippen LogP contribution in [0.2, 0.25) is 5.02 Å². The summed E-state index contributed by atoms with van der Waals surface area (Å²) in [6.45, 7) is 0.00195. The van der Waals surface area contributed by atoms with Crippen LogP contribution in [-0.4, -0.2) is 34.5 Å². The summed E-state index contributed by atoms with van der Waals surface area (Å²) in [5.74, 6) is -1.18. The number of carbonyl (C=O) groups is 1. The van der Waals surface area contributed by atoms with Crippen molar-refractivity contribution < 1.29 is 17.6 Å². The van der Waals surface area contributed by atoms with Crippen LogP contribution < -0.4 is 10.0 Å². The summed E-state index contributed by atoms with van der Waals surface area (Å²) in [7, 11) is -3.92. The van der Waals surface area contributed by atoms with Crippen LogP contribution >= 0.6 is 11.6 Å². The Hall–Kier alpha value is -3.02. The number of hydrogen-bond acceptors (Lipinski definition) is 7. The molecule has 150 valence electrons. The van der Waals surface area contributed by atoms with E-state index in [9.17, 15) is 17.6 Å². The Morgan fingerprint density at radius 2 is 1.90 bits per heavy atom. The van der Waals surface area contributed by atoms with E-state index in [-0.39, 0.29) is 34.4 Å². The maximum absolute atomic E-state index is 13.2. The molecule has 0 saturated carbocycles. The topological polar surface area (TPSA) is 127 Å². The summed E-state index contributed by atoms with van der Waals surface area (Å²) in [4.78, 5) is 19.8. The fourth-order valence-corrected chi connectivity index (χ4v) is 3.42. The number of nitrogens with zero attached hydrogens (tertiary/aromatic N) is 4. The molecule has 0 saturated heterocycles. The molecule has 2 aromatic heterocycles. The Kier molecular flexibility index (Phi) is 6.42. The van der Waals surface area contributed by atoms with Gasteiger partial charge >= 0.3 is 0 Å². The van der Waals surface area contributed by atoms with Crippen molar-refractivity contribution in [3.63, 3.8) is 0 Å². The van der Waals surface area contributed by atoms with Gasteiger partial charge in [-0.15, -0.1) is 5.10 Å². The minimum atomic E-state index is -3.92. The highest BCUT2D eigenvalue weighted by Gasteiger charge is 2.16. The summed E-state index contributed by atoms with van der Waals surface area (Å²) in [5.41, 5.74) is 0.929. The van der Waals surface area contributed by atoms with Crippen LogP contribution in [0.25, 0.3) is 0 Å². The molecule has 0 atom stereocenters. The highest BCUT2D eigenvalue weighted by Crippen LogP contribution is 2.19. The first-order chi connectivity index (χ1) is 13.8. The number of nitrogens with one attached hydrogen (secondary N) is 2. The summed E-state index contributed by atoms with van der Waals surface area (Å²) in [5, 5.41) is 9.94. The van der Waals surface area contributed by atoms with Gasteiger partial charge in [0.15, 0.2) is 5.69 Å². The zero-order valence-electron chi connectivity index (χ0n) is 14.7. The van der Waals surface area contributed by atoms with Gasteiger partial charge in [0.25, 0.3) is 5.91 Å². The summed E-state index contributed by atoms with van der Waals surface area (Å²) in [6, 6.07) is 5.95. The van der Waals surface area contributed by atoms with Gasteiger partial charge in [-0.25, -0.2) is 17.5 Å². The molecule has 0 unspecified atom stereocenters. The first kappa shape index (κ1) is 20.7. The van der Waals surface area contributed by atoms with E-state index in [2.05, 4.69) is 30.2 Å². The SMILES string of the molecule is O=C(NCc1cnccn1)c1ccc(CNS(=O)(=O)c2ccc(F)c(Cl)c2)nn1. The first-order valence-electron chi connectivity index (χ1n) is 8.15. The van der Waals surface area contributed by atoms with Crippen molar-refractivity contribution in [2.75, 3.05) is 0 Å². The molecule has 3 rings (SSSR count). The number of carbonyl (C=O) groups excluding carboxylic acids is 1. The van der Waals surface area contributed by atoms with Crippen LogP contribution in [0.5, 0.6) is 0 Å². The predicted molar refractivity (Wildman–Crippen MR) is 101 cm³/mol. The Bertz CT molecular complexity index is 1110. The molecular formula is C17H14ClFN6O3S. The third-order valence-corrected chi connectivity index (χ3v) is 5.33. The lowest BCUT2D eigenvalue weighted by Crippen LogP contribution is -2.26. The molecule has 1 aromatic carbocycles. The number of rotatable bonds is 7. The highest BCUT2D eigenvalue weighted by atomic mass is 35.5. The predicted octanol–water partition coefficient (Wildman–Crippen LogP) is 1.47. The molecule has 0 bridgehead atoms. The van der Waals surface area contributed by atoms with Gasteiger partial charge in [-0.05, 0) is 30.3 Å². The molecule has 3 aromatic rings. The second-order valence-electron chi connectivity index (χ2n) is 5.69. The monoisotopic (exact) mass is 436 g/mol. The number of halogens is 2.